The molecule has 1 aromatic rings. The van der Waals surface area contributed by atoms with E-state index in [2.05, 4.69) is 0 Å². The van der Waals surface area contributed by atoms with Crippen LogP contribution in [-0.4, -0.2) is 22.1 Å². The minimum atomic E-state index is -0.657. The van der Waals surface area contributed by atoms with Crippen LogP contribution in [0.15, 0.2) is 24.3 Å². The van der Waals surface area contributed by atoms with E-state index in [4.69, 9.17) is 5.21 Å². The first-order valence-corrected chi connectivity index (χ1v) is 3.38. The Labute approximate surface area is 117 Å². The number of fused-ring (bicyclic) bond motifs is 1. The van der Waals surface area contributed by atoms with Crippen molar-refractivity contribution >= 4 is 11.8 Å². The zero-order valence-corrected chi connectivity index (χ0v) is 10.1. The van der Waals surface area contributed by atoms with Gasteiger partial charge in [-0.25, -0.2) is 0 Å². The summed E-state index contributed by atoms with van der Waals surface area (Å²) in [5.41, 5.74) is 0.509. The van der Waals surface area contributed by atoms with Crippen molar-refractivity contribution in [3.05, 3.63) is 35.4 Å². The molecule has 2 amide bonds. The van der Waals surface area contributed by atoms with E-state index >= 15 is 0 Å². The van der Waals surface area contributed by atoms with Crippen LogP contribution in [0.5, 0.6) is 0 Å². The maximum atomic E-state index is 11.1. The van der Waals surface area contributed by atoms with Crippen molar-refractivity contribution in [1.29, 1.82) is 0 Å². The molecule has 1 aliphatic heterocycles. The van der Waals surface area contributed by atoms with E-state index in [0.29, 0.717) is 0 Å². The first-order chi connectivity index (χ1) is 5.72. The fraction of sp³-hybridized carbons (Fsp3) is 0. The van der Waals surface area contributed by atoms with E-state index in [-0.39, 0.29) is 67.6 Å². The molecule has 1 aromatic carbocycles. The zero-order valence-electron chi connectivity index (χ0n) is 7.02. The summed E-state index contributed by atoms with van der Waals surface area (Å²) < 4.78 is 0. The molecule has 1 heterocycles. The van der Waals surface area contributed by atoms with E-state index in [0.717, 1.165) is 0 Å². The van der Waals surface area contributed by atoms with Crippen LogP contribution in [-0.2, 0) is 0 Å². The first-order valence-electron chi connectivity index (χ1n) is 3.38. The molecule has 0 radical (unpaired) electrons. The van der Waals surface area contributed by atoms with Crippen LogP contribution < -0.4 is 51.4 Å². The second-order valence-electron chi connectivity index (χ2n) is 2.47. The summed E-state index contributed by atoms with van der Waals surface area (Å²) in [4.78, 5) is 22.1. The maximum absolute atomic E-state index is 11.1. The van der Waals surface area contributed by atoms with Gasteiger partial charge in [0.05, 0.1) is 11.1 Å². The van der Waals surface area contributed by atoms with Crippen molar-refractivity contribution in [2.75, 3.05) is 0 Å². The molecule has 1 aliphatic rings. The zero-order chi connectivity index (χ0) is 8.72. The number of nitrogens with zero attached hydrogens (tertiary/aromatic N) is 1. The summed E-state index contributed by atoms with van der Waals surface area (Å²) >= 11 is 0. The van der Waals surface area contributed by atoms with Crippen molar-refractivity contribution in [2.45, 2.75) is 0 Å². The molecule has 60 valence electrons. The number of amides is 2. The Morgan fingerprint density at radius 2 is 1.38 bits per heavy atom. The molecule has 4 nitrogen and oxygen atoms in total. The molecular weight excluding hydrogens is 197 g/mol. The van der Waals surface area contributed by atoms with E-state index in [9.17, 15) is 9.59 Å². The van der Waals surface area contributed by atoms with Crippen molar-refractivity contribution in [1.82, 2.24) is 5.06 Å². The van der Waals surface area contributed by atoms with E-state index < -0.39 is 11.8 Å². The number of hydrogen-bond acceptors (Lipinski definition) is 3. The minimum absolute atomic E-state index is 0. The molecule has 0 fully saturated rings. The second kappa shape index (κ2) is 3.99. The van der Waals surface area contributed by atoms with Gasteiger partial charge in [0, 0.05) is 0 Å². The van der Waals surface area contributed by atoms with Crippen molar-refractivity contribution in [3.8, 4) is 0 Å². The number of carbonyl (C=O) groups is 2. The molecular formula is C8H5KNO3+. The van der Waals surface area contributed by atoms with Gasteiger partial charge in [-0.05, 0) is 12.1 Å². The largest absolute Gasteiger partial charge is 1.00 e. The van der Waals surface area contributed by atoms with Gasteiger partial charge in [-0.1, -0.05) is 12.1 Å². The molecule has 13 heavy (non-hydrogen) atoms. The SMILES string of the molecule is O=C1c2ccccc2C(=O)N1O.[K+]. The molecule has 0 unspecified atom stereocenters. The van der Waals surface area contributed by atoms with Crippen LogP contribution >= 0.6 is 0 Å². The summed E-state index contributed by atoms with van der Waals surface area (Å²) in [6.07, 6.45) is 0. The van der Waals surface area contributed by atoms with Crippen LogP contribution in [0, 0.1) is 0 Å². The summed E-state index contributed by atoms with van der Waals surface area (Å²) in [6, 6.07) is 6.30. The molecule has 0 aromatic heterocycles. The Hall–Kier alpha value is -0.0436. The standard InChI is InChI=1S/C8H5NO3.K/c10-7-5-3-1-2-4-6(5)8(11)9(7)12;/h1-4,12H;/q;+1. The summed E-state index contributed by atoms with van der Waals surface area (Å²) in [6.45, 7) is 0. The maximum Gasteiger partial charge on any atom is 1.00 e. The molecule has 0 spiro atoms. The van der Waals surface area contributed by atoms with E-state index in [1.54, 1.807) is 12.1 Å². The molecule has 0 atom stereocenters. The third-order valence-corrected chi connectivity index (χ3v) is 1.77. The molecule has 0 saturated heterocycles. The fourth-order valence-electron chi connectivity index (χ4n) is 1.18. The first kappa shape index (κ1) is 11.0. The predicted molar refractivity (Wildman–Crippen MR) is 38.7 cm³/mol. The number of hydroxylamine groups is 2. The van der Waals surface area contributed by atoms with Crippen LogP contribution in [0.25, 0.3) is 0 Å². The smallest absolute Gasteiger partial charge is 0.278 e. The van der Waals surface area contributed by atoms with Crippen molar-refractivity contribution in [3.63, 3.8) is 0 Å². The Bertz CT molecular complexity index is 342. The van der Waals surface area contributed by atoms with Crippen LogP contribution in [0.1, 0.15) is 20.7 Å². The average Bonchev–Trinajstić information content (AvgIpc) is 2.33. The fourth-order valence-corrected chi connectivity index (χ4v) is 1.18. The monoisotopic (exact) mass is 202 g/mol. The number of benzene rings is 1. The molecule has 1 N–H and O–H groups in total. The van der Waals surface area contributed by atoms with Gasteiger partial charge in [0.15, 0.2) is 0 Å². The summed E-state index contributed by atoms with van der Waals surface area (Å²) in [5.74, 6) is -1.31. The normalized spacial score (nSPS) is 14.1. The van der Waals surface area contributed by atoms with Crippen molar-refractivity contribution < 1.29 is 66.2 Å². The Morgan fingerprint density at radius 3 is 1.77 bits per heavy atom. The van der Waals surface area contributed by atoms with Gasteiger partial charge >= 0.3 is 51.4 Å². The third-order valence-electron chi connectivity index (χ3n) is 1.77. The Morgan fingerprint density at radius 1 is 1.00 bits per heavy atom. The molecule has 0 aliphatic carbocycles. The molecule has 2 rings (SSSR count). The van der Waals surface area contributed by atoms with Gasteiger partial charge in [-0.2, -0.15) is 0 Å². The molecule has 5 heteroatoms. The van der Waals surface area contributed by atoms with Gasteiger partial charge < -0.3 is 0 Å². The average molecular weight is 202 g/mol. The molecule has 0 bridgehead atoms. The minimum Gasteiger partial charge on any atom is -0.278 e. The number of carbonyl (C=O) groups excluding carboxylic acids is 2. The Balaban J connectivity index is 0.000000845. The number of imide groups is 1. The number of hydrogen-bond donors (Lipinski definition) is 1. The van der Waals surface area contributed by atoms with Gasteiger partial charge in [0.2, 0.25) is 0 Å². The van der Waals surface area contributed by atoms with E-state index in [1.807, 2.05) is 0 Å². The Kier molecular flexibility index (Phi) is 3.39. The summed E-state index contributed by atoms with van der Waals surface area (Å²) in [7, 11) is 0. The van der Waals surface area contributed by atoms with Crippen molar-refractivity contribution in [2.24, 2.45) is 0 Å². The summed E-state index contributed by atoms with van der Waals surface area (Å²) in [5, 5.41) is 9.05. The van der Waals surface area contributed by atoms with Crippen LogP contribution in [0.2, 0.25) is 0 Å². The predicted octanol–water partition coefficient (Wildman–Crippen LogP) is -2.32. The topological polar surface area (TPSA) is 57.6 Å². The van der Waals surface area contributed by atoms with Gasteiger partial charge in [-0.15, -0.1) is 5.06 Å². The van der Waals surface area contributed by atoms with Crippen LogP contribution in [0.4, 0.5) is 0 Å². The second-order valence-corrected chi connectivity index (χ2v) is 2.47. The number of rotatable bonds is 0. The van der Waals surface area contributed by atoms with E-state index in [1.165, 1.54) is 12.1 Å². The van der Waals surface area contributed by atoms with Crippen LogP contribution in [0.3, 0.4) is 0 Å². The van der Waals surface area contributed by atoms with Gasteiger partial charge in [0.1, 0.15) is 0 Å². The van der Waals surface area contributed by atoms with Gasteiger partial charge in [0.25, 0.3) is 11.8 Å². The molecule has 0 saturated carbocycles. The quantitative estimate of drug-likeness (QED) is 0.292. The van der Waals surface area contributed by atoms with Gasteiger partial charge in [-0.3, -0.25) is 14.8 Å². The third kappa shape index (κ3) is 1.63.